The Labute approximate surface area is 230 Å². The highest BCUT2D eigenvalue weighted by molar-refractivity contribution is 9.10. The van der Waals surface area contributed by atoms with Crippen molar-refractivity contribution in [1.82, 2.24) is 5.32 Å². The number of hydrogen-bond donors (Lipinski definition) is 1. The summed E-state index contributed by atoms with van der Waals surface area (Å²) >= 11 is 3.59. The van der Waals surface area contributed by atoms with Gasteiger partial charge in [-0.05, 0) is 72.3 Å². The van der Waals surface area contributed by atoms with Crippen LogP contribution in [0.4, 0.5) is 5.69 Å². The lowest BCUT2D eigenvalue weighted by atomic mass is 9.72. The molecule has 0 saturated heterocycles. The molecule has 0 radical (unpaired) electrons. The van der Waals surface area contributed by atoms with Crippen LogP contribution in [0.1, 0.15) is 63.5 Å². The van der Waals surface area contributed by atoms with Crippen molar-refractivity contribution >= 4 is 27.4 Å². The maximum absolute atomic E-state index is 13.4. The van der Waals surface area contributed by atoms with Gasteiger partial charge in [0.2, 0.25) is 0 Å². The molecule has 38 heavy (non-hydrogen) atoms. The summed E-state index contributed by atoms with van der Waals surface area (Å²) in [6.45, 7) is 6.16. The van der Waals surface area contributed by atoms with E-state index in [0.717, 1.165) is 36.2 Å². The first-order valence-electron chi connectivity index (χ1n) is 12.7. The first kappa shape index (κ1) is 27.4. The number of nitriles is 1. The van der Waals surface area contributed by atoms with Crippen LogP contribution in [-0.2, 0) is 11.4 Å². The number of ether oxygens (including phenoxy) is 2. The molecule has 9 heteroatoms. The van der Waals surface area contributed by atoms with E-state index in [4.69, 9.17) is 9.47 Å². The molecule has 1 aliphatic heterocycles. The molecule has 0 saturated carbocycles. The summed E-state index contributed by atoms with van der Waals surface area (Å²) < 4.78 is 12.5. The number of nitro benzene ring substituents is 1. The number of Topliss-reactive ketones (excluding diaryl/α,β-unsaturated/α-hetero) is 1. The smallest absolute Gasteiger partial charge is 0.276 e. The minimum absolute atomic E-state index is 0.0242. The highest BCUT2D eigenvalue weighted by atomic mass is 79.9. The summed E-state index contributed by atoms with van der Waals surface area (Å²) in [7, 11) is 0. The van der Waals surface area contributed by atoms with Gasteiger partial charge in [-0.25, -0.2) is 0 Å². The van der Waals surface area contributed by atoms with Crippen molar-refractivity contribution in [3.05, 3.63) is 84.7 Å². The largest absolute Gasteiger partial charge is 0.490 e. The molecule has 2 aromatic carbocycles. The van der Waals surface area contributed by atoms with E-state index >= 15 is 0 Å². The van der Waals surface area contributed by atoms with Gasteiger partial charge in [-0.3, -0.25) is 14.9 Å². The van der Waals surface area contributed by atoms with Gasteiger partial charge in [0.05, 0.1) is 39.1 Å². The van der Waals surface area contributed by atoms with Crippen LogP contribution >= 0.6 is 15.9 Å². The van der Waals surface area contributed by atoms with Crippen LogP contribution in [0.5, 0.6) is 11.5 Å². The van der Waals surface area contributed by atoms with Crippen molar-refractivity contribution in [2.45, 2.75) is 59.0 Å². The second-order valence-electron chi connectivity index (χ2n) is 9.52. The number of halogens is 1. The Morgan fingerprint density at radius 1 is 1.21 bits per heavy atom. The highest BCUT2D eigenvalue weighted by Gasteiger charge is 2.39. The molecule has 1 aliphatic carbocycles. The first-order valence-corrected chi connectivity index (χ1v) is 13.5. The fraction of sp³-hybridized carbons (Fsp3) is 0.379. The lowest BCUT2D eigenvalue weighted by molar-refractivity contribution is -0.385. The third kappa shape index (κ3) is 5.46. The third-order valence-electron chi connectivity index (χ3n) is 6.95. The topological polar surface area (TPSA) is 114 Å². The van der Waals surface area contributed by atoms with Crippen molar-refractivity contribution in [2.24, 2.45) is 5.92 Å². The highest BCUT2D eigenvalue weighted by Crippen LogP contribution is 2.47. The van der Waals surface area contributed by atoms with E-state index in [1.807, 2.05) is 19.9 Å². The normalized spacial score (nSPS) is 19.0. The van der Waals surface area contributed by atoms with Gasteiger partial charge in [0.1, 0.15) is 6.61 Å². The number of rotatable bonds is 9. The van der Waals surface area contributed by atoms with Crippen LogP contribution in [0.3, 0.4) is 0 Å². The minimum atomic E-state index is -0.522. The number of nitrogens with zero attached hydrogens (tertiary/aromatic N) is 2. The number of dihydropyridines is 1. The number of hydrogen-bond acceptors (Lipinski definition) is 7. The van der Waals surface area contributed by atoms with Gasteiger partial charge in [-0.2, -0.15) is 5.26 Å². The lowest BCUT2D eigenvalue weighted by Gasteiger charge is -2.35. The molecule has 4 rings (SSSR count). The van der Waals surface area contributed by atoms with Gasteiger partial charge in [0.15, 0.2) is 17.3 Å². The van der Waals surface area contributed by atoms with Crippen molar-refractivity contribution in [1.29, 1.82) is 5.26 Å². The summed E-state index contributed by atoms with van der Waals surface area (Å²) in [5.41, 5.74) is 3.92. The molecule has 8 nitrogen and oxygen atoms in total. The molecule has 2 atom stereocenters. The predicted molar refractivity (Wildman–Crippen MR) is 147 cm³/mol. The number of nitro groups is 1. The van der Waals surface area contributed by atoms with Gasteiger partial charge in [-0.1, -0.05) is 25.5 Å². The number of ketones is 1. The Bertz CT molecular complexity index is 1370. The molecule has 198 valence electrons. The molecule has 2 unspecified atom stereocenters. The fourth-order valence-electron chi connectivity index (χ4n) is 5.33. The average Bonchev–Trinajstić information content (AvgIpc) is 2.87. The first-order chi connectivity index (χ1) is 18.3. The molecule has 0 bridgehead atoms. The molecule has 2 aromatic rings. The van der Waals surface area contributed by atoms with E-state index < -0.39 is 10.8 Å². The van der Waals surface area contributed by atoms with Crippen LogP contribution in [0.2, 0.25) is 0 Å². The Balaban J connectivity index is 1.75. The molecule has 0 aromatic heterocycles. The van der Waals surface area contributed by atoms with E-state index in [-0.39, 0.29) is 18.1 Å². The average molecular weight is 580 g/mol. The summed E-state index contributed by atoms with van der Waals surface area (Å²) in [6.07, 6.45) is 3.24. The summed E-state index contributed by atoms with van der Waals surface area (Å²) in [5.74, 6) is 0.658. The summed E-state index contributed by atoms with van der Waals surface area (Å²) in [5, 5.41) is 24.9. The number of carbonyl (C=O) groups is 1. The fourth-order valence-corrected chi connectivity index (χ4v) is 5.91. The summed E-state index contributed by atoms with van der Waals surface area (Å²) in [6, 6.07) is 12.4. The molecule has 0 spiro atoms. The van der Waals surface area contributed by atoms with Crippen LogP contribution < -0.4 is 14.8 Å². The second kappa shape index (κ2) is 11.8. The zero-order valence-corrected chi connectivity index (χ0v) is 23.3. The van der Waals surface area contributed by atoms with Gasteiger partial charge in [0.25, 0.3) is 5.69 Å². The van der Waals surface area contributed by atoms with Crippen molar-refractivity contribution in [3.8, 4) is 17.6 Å². The Hall–Kier alpha value is -3.64. The van der Waals surface area contributed by atoms with Crippen LogP contribution in [0.25, 0.3) is 0 Å². The molecule has 1 heterocycles. The molecule has 0 amide bonds. The number of nitrogens with one attached hydrogen (secondary N) is 1. The standard InChI is InChI=1S/C29H30BrN3O5/c1-4-8-18-11-23-28(25(34)12-18)27(21(15-31)17(3)32-23)20-13-22(30)29(26(14-20)37-5-2)38-16-19-9-6-7-10-24(19)33(35)36/h6-7,9-10,13-14,18,27,32H,4-5,8,11-12,16H2,1-3H3. The maximum Gasteiger partial charge on any atom is 0.276 e. The zero-order chi connectivity index (χ0) is 27.4. The van der Waals surface area contributed by atoms with Crippen molar-refractivity contribution in [3.63, 3.8) is 0 Å². The molecule has 2 aliphatic rings. The molecule has 0 fully saturated rings. The Morgan fingerprint density at radius 2 is 1.97 bits per heavy atom. The number of para-hydroxylation sites is 1. The van der Waals surface area contributed by atoms with E-state index in [2.05, 4.69) is 34.2 Å². The SMILES string of the molecule is CCCC1CC(=O)C2=C(C1)NC(C)=C(C#N)C2c1cc(Br)c(OCc2ccccc2[N+](=O)[O-])c(OCC)c1. The van der Waals surface area contributed by atoms with Gasteiger partial charge in [-0.15, -0.1) is 0 Å². The summed E-state index contributed by atoms with van der Waals surface area (Å²) in [4.78, 5) is 24.4. The molecular weight excluding hydrogens is 550 g/mol. The third-order valence-corrected chi connectivity index (χ3v) is 7.54. The predicted octanol–water partition coefficient (Wildman–Crippen LogP) is 6.85. The van der Waals surface area contributed by atoms with E-state index in [1.165, 1.54) is 6.07 Å². The number of carbonyl (C=O) groups excluding carboxylic acids is 1. The van der Waals surface area contributed by atoms with E-state index in [9.17, 15) is 20.2 Å². The van der Waals surface area contributed by atoms with Gasteiger partial charge >= 0.3 is 0 Å². The quantitative estimate of drug-likeness (QED) is 0.255. The van der Waals surface area contributed by atoms with Crippen LogP contribution in [0.15, 0.2) is 63.4 Å². The monoisotopic (exact) mass is 579 g/mol. The second-order valence-corrected chi connectivity index (χ2v) is 10.4. The minimum Gasteiger partial charge on any atom is -0.490 e. The maximum atomic E-state index is 13.4. The Kier molecular flexibility index (Phi) is 8.52. The number of allylic oxidation sites excluding steroid dienone is 4. The Morgan fingerprint density at radius 3 is 2.66 bits per heavy atom. The van der Waals surface area contributed by atoms with E-state index in [0.29, 0.717) is 51.6 Å². The van der Waals surface area contributed by atoms with E-state index in [1.54, 1.807) is 24.3 Å². The van der Waals surface area contributed by atoms with Crippen LogP contribution in [0, 0.1) is 27.4 Å². The van der Waals surface area contributed by atoms with Crippen molar-refractivity contribution < 1.29 is 19.2 Å². The number of benzene rings is 2. The van der Waals surface area contributed by atoms with Crippen LogP contribution in [-0.4, -0.2) is 17.3 Å². The zero-order valence-electron chi connectivity index (χ0n) is 21.7. The lowest BCUT2D eigenvalue weighted by Crippen LogP contribution is -2.34. The van der Waals surface area contributed by atoms with Crippen molar-refractivity contribution in [2.75, 3.05) is 6.61 Å². The van der Waals surface area contributed by atoms with Gasteiger partial charge < -0.3 is 14.8 Å². The molecule has 1 N–H and O–H groups in total. The molecular formula is C29H30BrN3O5. The van der Waals surface area contributed by atoms with Gasteiger partial charge in [0, 0.05) is 29.5 Å².